The van der Waals surface area contributed by atoms with E-state index in [9.17, 15) is 9.59 Å². The van der Waals surface area contributed by atoms with Crippen molar-refractivity contribution in [2.45, 2.75) is 57.0 Å². The Bertz CT molecular complexity index is 895. The number of benzene rings is 1. The van der Waals surface area contributed by atoms with Crippen LogP contribution in [0.2, 0.25) is 0 Å². The highest BCUT2D eigenvalue weighted by molar-refractivity contribution is 7.18. The van der Waals surface area contributed by atoms with Crippen molar-refractivity contribution in [2.24, 2.45) is 5.92 Å². The van der Waals surface area contributed by atoms with Crippen LogP contribution in [-0.4, -0.2) is 45.5 Å². The summed E-state index contributed by atoms with van der Waals surface area (Å²) in [6, 6.07) is 8.14. The lowest BCUT2D eigenvalue weighted by Crippen LogP contribution is -2.54. The van der Waals surface area contributed by atoms with E-state index in [0.717, 1.165) is 55.6 Å². The van der Waals surface area contributed by atoms with Crippen molar-refractivity contribution in [3.63, 3.8) is 0 Å². The number of hydrogen-bond acceptors (Lipinski definition) is 5. The Kier molecular flexibility index (Phi) is 4.39. The zero-order chi connectivity index (χ0) is 19.3. The summed E-state index contributed by atoms with van der Waals surface area (Å²) in [7, 11) is 0. The number of hydrogen-bond donors (Lipinski definition) is 1. The summed E-state index contributed by atoms with van der Waals surface area (Å²) in [4.78, 5) is 34.5. The summed E-state index contributed by atoms with van der Waals surface area (Å²) in [6.45, 7) is 3.35. The predicted molar refractivity (Wildman–Crippen MR) is 109 cm³/mol. The Balaban J connectivity index is 1.37. The molecular formula is C21H26N4O2S. The van der Waals surface area contributed by atoms with Crippen LogP contribution in [0.5, 0.6) is 0 Å². The van der Waals surface area contributed by atoms with E-state index < -0.39 is 5.54 Å². The van der Waals surface area contributed by atoms with E-state index in [1.54, 1.807) is 11.3 Å². The first-order chi connectivity index (χ1) is 13.6. The summed E-state index contributed by atoms with van der Waals surface area (Å²) >= 11 is 1.72. The van der Waals surface area contributed by atoms with E-state index >= 15 is 0 Å². The highest BCUT2D eigenvalue weighted by Crippen LogP contribution is 2.40. The molecule has 1 N–H and O–H groups in total. The van der Waals surface area contributed by atoms with Crippen molar-refractivity contribution in [3.8, 4) is 0 Å². The van der Waals surface area contributed by atoms with E-state index in [0.29, 0.717) is 6.67 Å². The number of urea groups is 1. The Hall–Kier alpha value is -1.99. The lowest BCUT2D eigenvalue weighted by Gasteiger charge is -2.37. The third-order valence-corrected chi connectivity index (χ3v) is 7.92. The van der Waals surface area contributed by atoms with Gasteiger partial charge in [-0.25, -0.2) is 14.7 Å². The maximum absolute atomic E-state index is 13.3. The largest absolute Gasteiger partial charge is 0.326 e. The normalized spacial score (nSPS) is 31.2. The van der Waals surface area contributed by atoms with Crippen LogP contribution in [-0.2, 0) is 4.79 Å². The molecule has 0 radical (unpaired) electrons. The number of rotatable bonds is 3. The number of thiazole rings is 1. The fraction of sp³-hybridized carbons (Fsp3) is 0.571. The van der Waals surface area contributed by atoms with Gasteiger partial charge in [-0.15, -0.1) is 11.3 Å². The van der Waals surface area contributed by atoms with Gasteiger partial charge in [0, 0.05) is 6.54 Å². The Morgan fingerprint density at radius 2 is 2.07 bits per heavy atom. The molecule has 148 valence electrons. The van der Waals surface area contributed by atoms with Gasteiger partial charge in [0.25, 0.3) is 5.91 Å². The lowest BCUT2D eigenvalue weighted by atomic mass is 9.73. The predicted octanol–water partition coefficient (Wildman–Crippen LogP) is 3.89. The van der Waals surface area contributed by atoms with Crippen LogP contribution in [0.15, 0.2) is 24.3 Å². The Labute approximate surface area is 168 Å². The first-order valence-corrected chi connectivity index (χ1v) is 11.1. The molecule has 0 unspecified atom stereocenters. The minimum atomic E-state index is -0.680. The fourth-order valence-corrected chi connectivity index (χ4v) is 6.25. The summed E-state index contributed by atoms with van der Waals surface area (Å²) < 4.78 is 1.19. The van der Waals surface area contributed by atoms with Gasteiger partial charge < -0.3 is 5.32 Å². The number of nitrogens with zero attached hydrogens (tertiary/aromatic N) is 3. The number of aromatic nitrogens is 1. The minimum absolute atomic E-state index is 0.0281. The molecule has 6 nitrogen and oxygen atoms in total. The van der Waals surface area contributed by atoms with Gasteiger partial charge in [-0.05, 0) is 43.7 Å². The quantitative estimate of drug-likeness (QED) is 0.797. The van der Waals surface area contributed by atoms with E-state index in [-0.39, 0.29) is 23.9 Å². The molecule has 1 saturated carbocycles. The van der Waals surface area contributed by atoms with Crippen LogP contribution in [0.25, 0.3) is 10.2 Å². The molecular weight excluding hydrogens is 372 g/mol. The number of carbonyl (C=O) groups excluding carboxylic acids is 2. The van der Waals surface area contributed by atoms with Crippen molar-refractivity contribution in [2.75, 3.05) is 13.2 Å². The fourth-order valence-electron chi connectivity index (χ4n) is 5.11. The van der Waals surface area contributed by atoms with Gasteiger partial charge in [0.2, 0.25) is 0 Å². The molecule has 3 atom stereocenters. The second-order valence-electron chi connectivity index (χ2n) is 8.41. The number of imide groups is 1. The zero-order valence-corrected chi connectivity index (χ0v) is 17.0. The molecule has 3 amide bonds. The first kappa shape index (κ1) is 18.1. The van der Waals surface area contributed by atoms with Crippen molar-refractivity contribution in [1.29, 1.82) is 0 Å². The first-order valence-electron chi connectivity index (χ1n) is 10.3. The molecule has 3 fully saturated rings. The van der Waals surface area contributed by atoms with Crippen LogP contribution >= 0.6 is 11.3 Å². The number of carbonyl (C=O) groups is 2. The van der Waals surface area contributed by atoms with Gasteiger partial charge in [-0.2, -0.15) is 0 Å². The summed E-state index contributed by atoms with van der Waals surface area (Å²) in [5, 5.41) is 4.16. The molecule has 3 heterocycles. The van der Waals surface area contributed by atoms with E-state index in [1.165, 1.54) is 9.60 Å². The number of para-hydroxylation sites is 1. The average molecular weight is 399 g/mol. The van der Waals surface area contributed by atoms with E-state index in [2.05, 4.69) is 23.2 Å². The van der Waals surface area contributed by atoms with Gasteiger partial charge in [0.1, 0.15) is 10.5 Å². The lowest BCUT2D eigenvalue weighted by molar-refractivity contribution is -0.135. The smallest absolute Gasteiger partial charge is 0.323 e. The molecule has 5 rings (SSSR count). The monoisotopic (exact) mass is 398 g/mol. The van der Waals surface area contributed by atoms with Crippen molar-refractivity contribution >= 4 is 33.5 Å². The summed E-state index contributed by atoms with van der Waals surface area (Å²) in [5.41, 5.74) is 0.347. The maximum atomic E-state index is 13.3. The molecule has 2 aromatic rings. The molecule has 28 heavy (non-hydrogen) atoms. The standard InChI is InChI=1S/C21H26N4O2S/c1-14-7-4-5-11-21(14)19(26)25(20(27)23-21)13-24-12-6-9-16(24)18-22-15-8-2-3-10-17(15)28-18/h2-3,8,10,14,16H,4-7,9,11-13H2,1H3,(H,23,27)/t14-,16+,21+/m0/s1. The molecule has 1 aromatic carbocycles. The maximum Gasteiger partial charge on any atom is 0.326 e. The molecule has 1 aliphatic carbocycles. The van der Waals surface area contributed by atoms with Crippen molar-refractivity contribution < 1.29 is 9.59 Å². The van der Waals surface area contributed by atoms with E-state index in [1.807, 2.05) is 18.2 Å². The highest BCUT2D eigenvalue weighted by Gasteiger charge is 2.55. The number of nitrogens with one attached hydrogen (secondary N) is 1. The van der Waals surface area contributed by atoms with Crippen LogP contribution in [0.4, 0.5) is 4.79 Å². The second kappa shape index (κ2) is 6.81. The zero-order valence-electron chi connectivity index (χ0n) is 16.2. The van der Waals surface area contributed by atoms with Crippen molar-refractivity contribution in [3.05, 3.63) is 29.3 Å². The Morgan fingerprint density at radius 3 is 2.89 bits per heavy atom. The third kappa shape index (κ3) is 2.75. The SMILES string of the molecule is C[C@H]1CCCC[C@@]12NC(=O)N(CN1CCC[C@@H]1c1nc3ccccc3s1)C2=O. The van der Waals surface area contributed by atoms with Gasteiger partial charge in [0.05, 0.1) is 22.9 Å². The minimum Gasteiger partial charge on any atom is -0.323 e. The molecule has 1 aromatic heterocycles. The molecule has 1 spiro atoms. The van der Waals surface area contributed by atoms with Crippen LogP contribution < -0.4 is 5.32 Å². The molecule has 2 saturated heterocycles. The van der Waals surface area contributed by atoms with Gasteiger partial charge in [-0.1, -0.05) is 31.9 Å². The third-order valence-electron chi connectivity index (χ3n) is 6.78. The second-order valence-corrected chi connectivity index (χ2v) is 9.48. The van der Waals surface area contributed by atoms with Crippen LogP contribution in [0.1, 0.15) is 56.5 Å². The molecule has 0 bridgehead atoms. The average Bonchev–Trinajstić information content (AvgIpc) is 3.38. The number of likely N-dealkylation sites (tertiary alicyclic amines) is 1. The molecule has 3 aliphatic rings. The summed E-state index contributed by atoms with van der Waals surface area (Å²) in [6.07, 6.45) is 5.98. The molecule has 7 heteroatoms. The van der Waals surface area contributed by atoms with Crippen LogP contribution in [0.3, 0.4) is 0 Å². The topological polar surface area (TPSA) is 65.5 Å². The number of amides is 3. The summed E-state index contributed by atoms with van der Waals surface area (Å²) in [5.74, 6) is 0.168. The van der Waals surface area contributed by atoms with Crippen LogP contribution in [0, 0.1) is 5.92 Å². The Morgan fingerprint density at radius 1 is 1.21 bits per heavy atom. The van der Waals surface area contributed by atoms with Crippen molar-refractivity contribution in [1.82, 2.24) is 20.1 Å². The number of fused-ring (bicyclic) bond motifs is 1. The van der Waals surface area contributed by atoms with Gasteiger partial charge in [0.15, 0.2) is 0 Å². The van der Waals surface area contributed by atoms with Gasteiger partial charge in [-0.3, -0.25) is 9.69 Å². The highest BCUT2D eigenvalue weighted by atomic mass is 32.1. The molecule has 2 aliphatic heterocycles. The van der Waals surface area contributed by atoms with E-state index in [4.69, 9.17) is 4.98 Å². The van der Waals surface area contributed by atoms with Gasteiger partial charge >= 0.3 is 6.03 Å².